The topological polar surface area (TPSA) is 69.6 Å². The average Bonchev–Trinajstić information content (AvgIpc) is 2.64. The smallest absolute Gasteiger partial charge is 0.327 e. The lowest BCUT2D eigenvalue weighted by Gasteiger charge is -2.34. The quantitative estimate of drug-likeness (QED) is 0.767. The van der Waals surface area contributed by atoms with Crippen molar-refractivity contribution in [3.05, 3.63) is 0 Å². The van der Waals surface area contributed by atoms with Gasteiger partial charge in [0.05, 0.1) is 0 Å². The van der Waals surface area contributed by atoms with Crippen molar-refractivity contribution in [1.29, 1.82) is 0 Å². The van der Waals surface area contributed by atoms with E-state index in [9.17, 15) is 14.7 Å². The molecule has 20 heavy (non-hydrogen) atoms. The van der Waals surface area contributed by atoms with Gasteiger partial charge >= 0.3 is 12.0 Å². The predicted octanol–water partition coefficient (Wildman–Crippen LogP) is 2.17. The molecule has 0 spiro atoms. The molecule has 2 amide bonds. The molecule has 6 heteroatoms. The Morgan fingerprint density at radius 3 is 2.75 bits per heavy atom. The van der Waals surface area contributed by atoms with Gasteiger partial charge in [0.25, 0.3) is 0 Å². The van der Waals surface area contributed by atoms with Crippen LogP contribution in [0.3, 0.4) is 0 Å². The molecule has 1 saturated carbocycles. The highest BCUT2D eigenvalue weighted by Crippen LogP contribution is 2.24. The van der Waals surface area contributed by atoms with E-state index in [0.29, 0.717) is 18.2 Å². The van der Waals surface area contributed by atoms with Gasteiger partial charge in [-0.1, -0.05) is 26.2 Å². The van der Waals surface area contributed by atoms with Crippen LogP contribution in [-0.4, -0.2) is 52.1 Å². The third-order valence-corrected chi connectivity index (χ3v) is 5.37. The van der Waals surface area contributed by atoms with Crippen LogP contribution < -0.4 is 5.32 Å². The van der Waals surface area contributed by atoms with Crippen LogP contribution in [-0.2, 0) is 4.79 Å². The fourth-order valence-corrected chi connectivity index (χ4v) is 4.04. The molecule has 5 nitrogen and oxygen atoms in total. The number of nitrogens with one attached hydrogen (secondary N) is 1. The van der Waals surface area contributed by atoms with Gasteiger partial charge in [-0.2, -0.15) is 11.8 Å². The number of hydrogen-bond donors (Lipinski definition) is 2. The molecule has 0 aromatic carbocycles. The van der Waals surface area contributed by atoms with Gasteiger partial charge in [-0.15, -0.1) is 0 Å². The Hall–Kier alpha value is -0.910. The second-order valence-corrected chi connectivity index (χ2v) is 6.94. The van der Waals surface area contributed by atoms with Gasteiger partial charge in [-0.3, -0.25) is 0 Å². The van der Waals surface area contributed by atoms with E-state index in [2.05, 4.69) is 12.2 Å². The third-order valence-electron chi connectivity index (χ3n) is 4.34. The largest absolute Gasteiger partial charge is 0.480 e. The number of carboxylic acid groups (broad SMARTS) is 1. The number of carbonyl (C=O) groups is 2. The van der Waals surface area contributed by atoms with E-state index in [0.717, 1.165) is 25.0 Å². The number of aliphatic carboxylic acids is 1. The molecule has 2 rings (SSSR count). The summed E-state index contributed by atoms with van der Waals surface area (Å²) in [5.41, 5.74) is 0. The van der Waals surface area contributed by atoms with Crippen LogP contribution in [0.5, 0.6) is 0 Å². The molecule has 1 heterocycles. The molecule has 2 aliphatic rings. The second-order valence-electron chi connectivity index (χ2n) is 5.79. The van der Waals surface area contributed by atoms with Crippen molar-refractivity contribution in [1.82, 2.24) is 10.2 Å². The first kappa shape index (κ1) is 15.5. The van der Waals surface area contributed by atoms with Crippen LogP contribution in [0.15, 0.2) is 0 Å². The number of carbonyl (C=O) groups excluding carboxylic acids is 1. The molecule has 0 radical (unpaired) electrons. The molecule has 1 aliphatic carbocycles. The summed E-state index contributed by atoms with van der Waals surface area (Å²) in [6.45, 7) is 2.70. The first-order chi connectivity index (χ1) is 9.59. The summed E-state index contributed by atoms with van der Waals surface area (Å²) >= 11 is 1.60. The van der Waals surface area contributed by atoms with E-state index in [1.807, 2.05) is 0 Å². The van der Waals surface area contributed by atoms with Crippen LogP contribution in [0, 0.1) is 5.92 Å². The van der Waals surface area contributed by atoms with Gasteiger partial charge in [-0.05, 0) is 18.8 Å². The lowest BCUT2D eigenvalue weighted by atomic mass is 9.97. The number of hydrogen-bond acceptors (Lipinski definition) is 3. The maximum Gasteiger partial charge on any atom is 0.327 e. The van der Waals surface area contributed by atoms with E-state index in [1.54, 1.807) is 11.8 Å². The molecule has 3 unspecified atom stereocenters. The molecule has 1 aliphatic heterocycles. The molecular weight excluding hydrogens is 276 g/mol. The van der Waals surface area contributed by atoms with Gasteiger partial charge in [0.2, 0.25) is 0 Å². The summed E-state index contributed by atoms with van der Waals surface area (Å²) in [7, 11) is 0. The Balaban J connectivity index is 1.96. The molecule has 0 bridgehead atoms. The highest BCUT2D eigenvalue weighted by atomic mass is 32.2. The Morgan fingerprint density at radius 1 is 1.25 bits per heavy atom. The predicted molar refractivity (Wildman–Crippen MR) is 80.0 cm³/mol. The van der Waals surface area contributed by atoms with E-state index in [4.69, 9.17) is 0 Å². The van der Waals surface area contributed by atoms with E-state index >= 15 is 0 Å². The molecule has 2 N–H and O–H groups in total. The third kappa shape index (κ3) is 3.81. The van der Waals surface area contributed by atoms with Gasteiger partial charge in [0.15, 0.2) is 0 Å². The number of thioether (sulfide) groups is 1. The number of rotatable bonds is 2. The van der Waals surface area contributed by atoms with Crippen LogP contribution in [0.2, 0.25) is 0 Å². The van der Waals surface area contributed by atoms with Gasteiger partial charge < -0.3 is 15.3 Å². The number of nitrogens with zero attached hydrogens (tertiary/aromatic N) is 1. The zero-order valence-corrected chi connectivity index (χ0v) is 12.8. The Morgan fingerprint density at radius 2 is 2.00 bits per heavy atom. The van der Waals surface area contributed by atoms with Crippen molar-refractivity contribution >= 4 is 23.8 Å². The molecule has 0 aromatic heterocycles. The fraction of sp³-hybridized carbons (Fsp3) is 0.857. The van der Waals surface area contributed by atoms with Crippen LogP contribution in [0.1, 0.15) is 39.0 Å². The van der Waals surface area contributed by atoms with Crippen molar-refractivity contribution in [2.45, 2.75) is 51.1 Å². The highest BCUT2D eigenvalue weighted by Gasteiger charge is 2.33. The van der Waals surface area contributed by atoms with Crippen molar-refractivity contribution in [2.75, 3.05) is 18.1 Å². The maximum absolute atomic E-state index is 12.4. The first-order valence-electron chi connectivity index (χ1n) is 7.47. The summed E-state index contributed by atoms with van der Waals surface area (Å²) in [5, 5.41) is 12.3. The number of amides is 2. The summed E-state index contributed by atoms with van der Waals surface area (Å²) in [5.74, 6) is 0.880. The Kier molecular flexibility index (Phi) is 5.57. The SMILES string of the molecule is CC1CCCCCC1NC(=O)N1CCSCC1C(=O)O. The number of carboxylic acids is 1. The summed E-state index contributed by atoms with van der Waals surface area (Å²) in [6.07, 6.45) is 5.75. The van der Waals surface area contributed by atoms with Crippen molar-refractivity contribution in [3.8, 4) is 0 Å². The Bertz CT molecular complexity index is 364. The van der Waals surface area contributed by atoms with Crippen molar-refractivity contribution < 1.29 is 14.7 Å². The zero-order chi connectivity index (χ0) is 14.5. The minimum atomic E-state index is -0.902. The Labute approximate surface area is 124 Å². The van der Waals surface area contributed by atoms with Crippen molar-refractivity contribution in [2.24, 2.45) is 5.92 Å². The van der Waals surface area contributed by atoms with Crippen LogP contribution in [0.25, 0.3) is 0 Å². The standard InChI is InChI=1S/C14H24N2O3S/c1-10-5-3-2-4-6-11(10)15-14(19)16-7-8-20-9-12(16)13(17)18/h10-12H,2-9H2,1H3,(H,15,19)(H,17,18). The molecule has 0 aromatic rings. The van der Waals surface area contributed by atoms with Crippen LogP contribution in [0.4, 0.5) is 4.79 Å². The molecule has 114 valence electrons. The highest BCUT2D eigenvalue weighted by molar-refractivity contribution is 7.99. The summed E-state index contributed by atoms with van der Waals surface area (Å²) < 4.78 is 0. The summed E-state index contributed by atoms with van der Waals surface area (Å²) in [6, 6.07) is -0.694. The van der Waals surface area contributed by atoms with E-state index < -0.39 is 12.0 Å². The number of urea groups is 1. The lowest BCUT2D eigenvalue weighted by Crippen LogP contribution is -2.56. The zero-order valence-electron chi connectivity index (χ0n) is 12.0. The fourth-order valence-electron chi connectivity index (χ4n) is 3.00. The van der Waals surface area contributed by atoms with Gasteiger partial charge in [0.1, 0.15) is 6.04 Å². The first-order valence-corrected chi connectivity index (χ1v) is 8.62. The minimum absolute atomic E-state index is 0.189. The molecular formula is C14H24N2O3S. The normalized spacial score (nSPS) is 31.4. The second kappa shape index (κ2) is 7.20. The lowest BCUT2D eigenvalue weighted by molar-refractivity contribution is -0.141. The van der Waals surface area contributed by atoms with E-state index in [-0.39, 0.29) is 12.1 Å². The molecule has 1 saturated heterocycles. The minimum Gasteiger partial charge on any atom is -0.480 e. The summed E-state index contributed by atoms with van der Waals surface area (Å²) in [4.78, 5) is 25.1. The molecule has 2 fully saturated rings. The van der Waals surface area contributed by atoms with E-state index in [1.165, 1.54) is 17.7 Å². The average molecular weight is 300 g/mol. The molecule has 3 atom stereocenters. The maximum atomic E-state index is 12.4. The van der Waals surface area contributed by atoms with Gasteiger partial charge in [-0.25, -0.2) is 9.59 Å². The monoisotopic (exact) mass is 300 g/mol. The van der Waals surface area contributed by atoms with Gasteiger partial charge in [0, 0.05) is 24.1 Å². The van der Waals surface area contributed by atoms with Crippen molar-refractivity contribution in [3.63, 3.8) is 0 Å². The van der Waals surface area contributed by atoms with Crippen LogP contribution >= 0.6 is 11.8 Å².